The van der Waals surface area contributed by atoms with Crippen LogP contribution in [0.15, 0.2) is 60.7 Å². The zero-order valence-electron chi connectivity index (χ0n) is 27.4. The Morgan fingerprint density at radius 3 is 1.11 bits per heavy atom. The normalized spacial score (nSPS) is 31.4. The molecule has 3 heterocycles. The van der Waals surface area contributed by atoms with Gasteiger partial charge in [0.15, 0.2) is 17.4 Å². The molecule has 6 atom stereocenters. The smallest absolute Gasteiger partial charge is 0.163 e. The van der Waals surface area contributed by atoms with Gasteiger partial charge in [0.2, 0.25) is 0 Å². The molecule has 3 aliphatic heterocycles. The number of rotatable bonds is 12. The Balaban J connectivity index is 1.13. The first-order valence-corrected chi connectivity index (χ1v) is 16.2. The van der Waals surface area contributed by atoms with E-state index in [0.29, 0.717) is 26.4 Å². The Kier molecular flexibility index (Phi) is 11.2. The Morgan fingerprint density at radius 2 is 0.773 bits per heavy atom. The summed E-state index contributed by atoms with van der Waals surface area (Å²) in [5.41, 5.74) is 2.31. The zero-order chi connectivity index (χ0) is 31.2. The van der Waals surface area contributed by atoms with Gasteiger partial charge in [0.05, 0.1) is 63.1 Å². The summed E-state index contributed by atoms with van der Waals surface area (Å²) in [4.78, 5) is 0. The third-order valence-corrected chi connectivity index (χ3v) is 8.16. The second-order valence-corrected chi connectivity index (χ2v) is 13.8. The van der Waals surface area contributed by atoms with Gasteiger partial charge in [-0.2, -0.15) is 0 Å². The SMILES string of the molecule is CC1(C)O[C@H](C[C@@H]2C[C@H](COCc3ccccc3)OC(C)(C)O2)C[C@@H](C[C@@H]2C[C@H](COCc3ccccc3)OC(C)(C)O2)O1. The van der Waals surface area contributed by atoms with Crippen molar-refractivity contribution in [2.24, 2.45) is 0 Å². The van der Waals surface area contributed by atoms with E-state index in [2.05, 4.69) is 24.3 Å². The van der Waals surface area contributed by atoms with Crippen LogP contribution in [0.2, 0.25) is 0 Å². The molecule has 0 aliphatic carbocycles. The predicted octanol–water partition coefficient (Wildman–Crippen LogP) is 6.93. The lowest BCUT2D eigenvalue weighted by Crippen LogP contribution is -2.51. The highest BCUT2D eigenvalue weighted by atomic mass is 16.7. The molecular formula is C36H52O8. The Morgan fingerprint density at radius 1 is 0.477 bits per heavy atom. The lowest BCUT2D eigenvalue weighted by Gasteiger charge is -2.46. The highest BCUT2D eigenvalue weighted by molar-refractivity contribution is 5.14. The van der Waals surface area contributed by atoms with Crippen molar-refractivity contribution in [1.82, 2.24) is 0 Å². The van der Waals surface area contributed by atoms with Crippen molar-refractivity contribution in [2.45, 2.75) is 141 Å². The maximum absolute atomic E-state index is 6.44. The van der Waals surface area contributed by atoms with Gasteiger partial charge in [-0.3, -0.25) is 0 Å². The molecule has 0 saturated carbocycles. The molecule has 5 rings (SSSR count). The first kappa shape index (κ1) is 33.5. The van der Waals surface area contributed by atoms with Gasteiger partial charge in [-0.15, -0.1) is 0 Å². The summed E-state index contributed by atoms with van der Waals surface area (Å²) >= 11 is 0. The average Bonchev–Trinajstić information content (AvgIpc) is 2.91. The molecule has 0 aromatic heterocycles. The lowest BCUT2D eigenvalue weighted by atomic mass is 9.94. The van der Waals surface area contributed by atoms with Crippen LogP contribution in [0.5, 0.6) is 0 Å². The zero-order valence-corrected chi connectivity index (χ0v) is 27.4. The highest BCUT2D eigenvalue weighted by Crippen LogP contribution is 2.37. The Labute approximate surface area is 263 Å². The van der Waals surface area contributed by atoms with Gasteiger partial charge in [0.1, 0.15) is 0 Å². The third kappa shape index (κ3) is 10.6. The van der Waals surface area contributed by atoms with Gasteiger partial charge in [0.25, 0.3) is 0 Å². The summed E-state index contributed by atoms with van der Waals surface area (Å²) in [5.74, 6) is -2.09. The maximum Gasteiger partial charge on any atom is 0.163 e. The van der Waals surface area contributed by atoms with Crippen LogP contribution in [0, 0.1) is 0 Å². The van der Waals surface area contributed by atoms with Crippen molar-refractivity contribution >= 4 is 0 Å². The first-order chi connectivity index (χ1) is 20.9. The van der Waals surface area contributed by atoms with E-state index in [-0.39, 0.29) is 36.6 Å². The van der Waals surface area contributed by atoms with E-state index in [1.807, 2.05) is 77.9 Å². The molecule has 3 aliphatic rings. The summed E-state index contributed by atoms with van der Waals surface area (Å²) in [5, 5.41) is 0. The number of hydrogen-bond donors (Lipinski definition) is 0. The Hall–Kier alpha value is -1.88. The standard InChI is InChI=1S/C36H52O8/c1-34(2)39-28(18-30-20-32(43-35(3,4)41-30)24-37-22-26-13-9-7-10-14-26)17-29(40-34)19-31-21-33(44-36(5,6)42-31)25-38-23-27-15-11-8-12-16-27/h7-16,28-33H,17-25H2,1-6H3/t28-,29-,30+,31+,32+,33+/m0/s1. The third-order valence-electron chi connectivity index (χ3n) is 8.16. The molecule has 2 aromatic rings. The second-order valence-electron chi connectivity index (χ2n) is 13.8. The topological polar surface area (TPSA) is 73.8 Å². The van der Waals surface area contributed by atoms with Gasteiger partial charge < -0.3 is 37.9 Å². The molecule has 0 unspecified atom stereocenters. The molecule has 3 fully saturated rings. The minimum atomic E-state index is -0.703. The Bertz CT molecular complexity index is 1050. The van der Waals surface area contributed by atoms with Crippen LogP contribution in [0.25, 0.3) is 0 Å². The highest BCUT2D eigenvalue weighted by Gasteiger charge is 2.43. The molecule has 2 aromatic carbocycles. The molecule has 8 nitrogen and oxygen atoms in total. The molecule has 0 bridgehead atoms. The molecule has 8 heteroatoms. The van der Waals surface area contributed by atoms with Crippen LogP contribution < -0.4 is 0 Å². The van der Waals surface area contributed by atoms with Crippen LogP contribution in [-0.4, -0.2) is 67.2 Å². The average molecular weight is 613 g/mol. The van der Waals surface area contributed by atoms with E-state index in [9.17, 15) is 0 Å². The molecule has 244 valence electrons. The van der Waals surface area contributed by atoms with Crippen molar-refractivity contribution in [3.05, 3.63) is 71.8 Å². The summed E-state index contributed by atoms with van der Waals surface area (Å²) in [6, 6.07) is 20.4. The van der Waals surface area contributed by atoms with E-state index in [1.165, 1.54) is 0 Å². The quantitative estimate of drug-likeness (QED) is 0.256. The van der Waals surface area contributed by atoms with E-state index < -0.39 is 17.4 Å². The molecule has 0 radical (unpaired) electrons. The molecule has 0 N–H and O–H groups in total. The van der Waals surface area contributed by atoms with Gasteiger partial charge >= 0.3 is 0 Å². The summed E-state index contributed by atoms with van der Waals surface area (Å²) in [6.07, 6.45) is 3.69. The van der Waals surface area contributed by atoms with Crippen molar-refractivity contribution in [1.29, 1.82) is 0 Å². The fourth-order valence-corrected chi connectivity index (χ4v) is 6.79. The van der Waals surface area contributed by atoms with Gasteiger partial charge in [-0.25, -0.2) is 0 Å². The summed E-state index contributed by atoms with van der Waals surface area (Å²) in [6.45, 7) is 14.1. The van der Waals surface area contributed by atoms with E-state index >= 15 is 0 Å². The maximum atomic E-state index is 6.44. The largest absolute Gasteiger partial charge is 0.374 e. The molecule has 0 amide bonds. The number of benzene rings is 2. The number of ether oxygens (including phenoxy) is 8. The fourth-order valence-electron chi connectivity index (χ4n) is 6.79. The van der Waals surface area contributed by atoms with Crippen LogP contribution in [-0.2, 0) is 51.1 Å². The van der Waals surface area contributed by atoms with Gasteiger partial charge in [-0.05, 0) is 52.7 Å². The second kappa shape index (κ2) is 14.7. The van der Waals surface area contributed by atoms with Crippen LogP contribution in [0.4, 0.5) is 0 Å². The van der Waals surface area contributed by atoms with Crippen molar-refractivity contribution in [3.63, 3.8) is 0 Å². The van der Waals surface area contributed by atoms with Crippen molar-refractivity contribution in [3.8, 4) is 0 Å². The van der Waals surface area contributed by atoms with Crippen molar-refractivity contribution < 1.29 is 37.9 Å². The lowest BCUT2D eigenvalue weighted by molar-refractivity contribution is -0.337. The minimum Gasteiger partial charge on any atom is -0.374 e. The summed E-state index contributed by atoms with van der Waals surface area (Å²) in [7, 11) is 0. The van der Waals surface area contributed by atoms with Crippen LogP contribution >= 0.6 is 0 Å². The summed E-state index contributed by atoms with van der Waals surface area (Å²) < 4.78 is 50.2. The van der Waals surface area contributed by atoms with E-state index in [4.69, 9.17) is 37.9 Å². The molecule has 44 heavy (non-hydrogen) atoms. The predicted molar refractivity (Wildman–Crippen MR) is 167 cm³/mol. The minimum absolute atomic E-state index is 0.00645. The van der Waals surface area contributed by atoms with Crippen molar-refractivity contribution in [2.75, 3.05) is 13.2 Å². The van der Waals surface area contributed by atoms with Crippen LogP contribution in [0.3, 0.4) is 0 Å². The molecule has 3 saturated heterocycles. The van der Waals surface area contributed by atoms with Gasteiger partial charge in [0, 0.05) is 32.1 Å². The van der Waals surface area contributed by atoms with Gasteiger partial charge in [-0.1, -0.05) is 60.7 Å². The molecule has 0 spiro atoms. The van der Waals surface area contributed by atoms with E-state index in [0.717, 1.165) is 43.2 Å². The molecular weight excluding hydrogens is 560 g/mol. The first-order valence-electron chi connectivity index (χ1n) is 16.2. The fraction of sp³-hybridized carbons (Fsp3) is 0.667. The van der Waals surface area contributed by atoms with E-state index in [1.54, 1.807) is 0 Å². The monoisotopic (exact) mass is 612 g/mol. The van der Waals surface area contributed by atoms with Crippen LogP contribution in [0.1, 0.15) is 84.8 Å². The number of hydrogen-bond acceptors (Lipinski definition) is 8.